The Hall–Kier alpha value is -2.31. The first kappa shape index (κ1) is 14.6. The fourth-order valence-electron chi connectivity index (χ4n) is 2.76. The Morgan fingerprint density at radius 2 is 2.32 bits per heavy atom. The van der Waals surface area contributed by atoms with E-state index in [0.29, 0.717) is 18.5 Å². The van der Waals surface area contributed by atoms with Crippen LogP contribution in [0.2, 0.25) is 0 Å². The Bertz CT molecular complexity index is 614. The molecular weight excluding hydrogens is 280 g/mol. The molecule has 3 heterocycles. The van der Waals surface area contributed by atoms with Crippen LogP contribution in [-0.4, -0.2) is 45.5 Å². The van der Waals surface area contributed by atoms with Crippen molar-refractivity contribution in [2.45, 2.75) is 25.8 Å². The van der Waals surface area contributed by atoms with E-state index in [2.05, 4.69) is 31.5 Å². The van der Waals surface area contributed by atoms with Crippen molar-refractivity contribution in [3.05, 3.63) is 24.8 Å². The third-order valence-corrected chi connectivity index (χ3v) is 3.76. The van der Waals surface area contributed by atoms with Crippen LogP contribution in [0.1, 0.15) is 19.8 Å². The highest BCUT2D eigenvalue weighted by atomic mass is 16.5. The number of ether oxygens (including phenoxy) is 1. The summed E-state index contributed by atoms with van der Waals surface area (Å²) < 4.78 is 7.25. The van der Waals surface area contributed by atoms with Gasteiger partial charge < -0.3 is 15.0 Å². The normalized spacial score (nSPS) is 18.3. The third-order valence-electron chi connectivity index (χ3n) is 3.76. The fraction of sp³-hybridized carbons (Fsp3) is 0.533. The number of nitrogens with one attached hydrogen (secondary N) is 1. The van der Waals surface area contributed by atoms with E-state index < -0.39 is 0 Å². The zero-order valence-corrected chi connectivity index (χ0v) is 13.1. The molecule has 1 atom stereocenters. The minimum absolute atomic E-state index is 0.360. The highest BCUT2D eigenvalue weighted by molar-refractivity contribution is 5.45. The number of anilines is 2. The van der Waals surface area contributed by atoms with Crippen LogP contribution in [0, 0.1) is 0 Å². The standard InChI is InChI=1S/C15H22N6O/c1-3-22-15-7-14(16-11-17-15)19-12-5-4-6-21(9-12)13-8-18-20(2)10-13/h7-8,10-12H,3-6,9H2,1-2H3,(H,16,17,19). The lowest BCUT2D eigenvalue weighted by molar-refractivity contribution is 0.326. The highest BCUT2D eigenvalue weighted by Crippen LogP contribution is 2.21. The van der Waals surface area contributed by atoms with Gasteiger partial charge in [-0.05, 0) is 19.8 Å². The predicted octanol–water partition coefficient (Wildman–Crippen LogP) is 1.69. The zero-order chi connectivity index (χ0) is 15.4. The summed E-state index contributed by atoms with van der Waals surface area (Å²) in [5.41, 5.74) is 1.17. The summed E-state index contributed by atoms with van der Waals surface area (Å²) in [6.45, 7) is 4.56. The maximum absolute atomic E-state index is 5.42. The molecule has 1 aliphatic rings. The molecule has 0 radical (unpaired) electrons. The lowest BCUT2D eigenvalue weighted by atomic mass is 10.1. The Balaban J connectivity index is 1.64. The van der Waals surface area contributed by atoms with Crippen molar-refractivity contribution in [3.8, 4) is 5.88 Å². The van der Waals surface area contributed by atoms with Crippen LogP contribution >= 0.6 is 0 Å². The molecule has 7 nitrogen and oxygen atoms in total. The number of piperidine rings is 1. The van der Waals surface area contributed by atoms with Crippen LogP contribution in [0.3, 0.4) is 0 Å². The average molecular weight is 302 g/mol. The van der Waals surface area contributed by atoms with Gasteiger partial charge in [0.1, 0.15) is 12.1 Å². The van der Waals surface area contributed by atoms with Crippen molar-refractivity contribution in [2.24, 2.45) is 7.05 Å². The van der Waals surface area contributed by atoms with Crippen LogP contribution in [0.5, 0.6) is 5.88 Å². The smallest absolute Gasteiger partial charge is 0.218 e. The number of hydrogen-bond acceptors (Lipinski definition) is 6. The second-order valence-electron chi connectivity index (χ2n) is 5.48. The third kappa shape index (κ3) is 3.47. The van der Waals surface area contributed by atoms with Gasteiger partial charge in [-0.1, -0.05) is 0 Å². The van der Waals surface area contributed by atoms with E-state index in [4.69, 9.17) is 4.74 Å². The maximum atomic E-state index is 5.42. The van der Waals surface area contributed by atoms with E-state index >= 15 is 0 Å². The van der Waals surface area contributed by atoms with Crippen LogP contribution in [0.15, 0.2) is 24.8 Å². The van der Waals surface area contributed by atoms with Crippen molar-refractivity contribution < 1.29 is 4.74 Å². The lowest BCUT2D eigenvalue weighted by Gasteiger charge is -2.34. The molecule has 0 saturated carbocycles. The van der Waals surface area contributed by atoms with E-state index in [1.807, 2.05) is 30.9 Å². The second-order valence-corrected chi connectivity index (χ2v) is 5.48. The quantitative estimate of drug-likeness (QED) is 0.906. The lowest BCUT2D eigenvalue weighted by Crippen LogP contribution is -2.42. The van der Waals surface area contributed by atoms with Gasteiger partial charge in [0.2, 0.25) is 5.88 Å². The Morgan fingerprint density at radius 3 is 3.09 bits per heavy atom. The van der Waals surface area contributed by atoms with E-state index in [1.165, 1.54) is 12.0 Å². The van der Waals surface area contributed by atoms with Crippen molar-refractivity contribution >= 4 is 11.5 Å². The molecule has 0 amide bonds. The van der Waals surface area contributed by atoms with Gasteiger partial charge in [-0.15, -0.1) is 0 Å². The molecule has 1 unspecified atom stereocenters. The van der Waals surface area contributed by atoms with Gasteiger partial charge in [0.05, 0.1) is 18.5 Å². The molecule has 1 aliphatic heterocycles. The topological polar surface area (TPSA) is 68.1 Å². The number of aromatic nitrogens is 4. The molecule has 1 saturated heterocycles. The number of hydrogen-bond donors (Lipinski definition) is 1. The van der Waals surface area contributed by atoms with Gasteiger partial charge in [-0.3, -0.25) is 4.68 Å². The monoisotopic (exact) mass is 302 g/mol. The predicted molar refractivity (Wildman–Crippen MR) is 85.3 cm³/mol. The van der Waals surface area contributed by atoms with Gasteiger partial charge in [0, 0.05) is 38.4 Å². The van der Waals surface area contributed by atoms with Gasteiger partial charge in [0.15, 0.2) is 0 Å². The maximum Gasteiger partial charge on any atom is 0.218 e. The van der Waals surface area contributed by atoms with Crippen LogP contribution in [0.25, 0.3) is 0 Å². The molecule has 0 bridgehead atoms. The molecule has 2 aromatic heterocycles. The SMILES string of the molecule is CCOc1cc(NC2CCCN(c3cnn(C)c3)C2)ncn1. The summed E-state index contributed by atoms with van der Waals surface area (Å²) in [7, 11) is 1.94. The van der Waals surface area contributed by atoms with E-state index in [0.717, 1.165) is 31.7 Å². The number of rotatable bonds is 5. The number of aryl methyl sites for hydroxylation is 1. The first-order valence-electron chi connectivity index (χ1n) is 7.69. The molecule has 118 valence electrons. The van der Waals surface area contributed by atoms with Crippen molar-refractivity contribution in [3.63, 3.8) is 0 Å². The van der Waals surface area contributed by atoms with Crippen LogP contribution < -0.4 is 15.0 Å². The second kappa shape index (κ2) is 6.64. The Morgan fingerprint density at radius 1 is 1.41 bits per heavy atom. The molecule has 1 N–H and O–H groups in total. The molecule has 7 heteroatoms. The van der Waals surface area contributed by atoms with Gasteiger partial charge in [-0.25, -0.2) is 9.97 Å². The molecule has 0 spiro atoms. The van der Waals surface area contributed by atoms with Gasteiger partial charge in [-0.2, -0.15) is 5.10 Å². The van der Waals surface area contributed by atoms with E-state index in [1.54, 1.807) is 0 Å². The fourth-order valence-corrected chi connectivity index (χ4v) is 2.76. The summed E-state index contributed by atoms with van der Waals surface area (Å²) >= 11 is 0. The number of nitrogens with zero attached hydrogens (tertiary/aromatic N) is 5. The molecule has 3 rings (SSSR count). The van der Waals surface area contributed by atoms with Gasteiger partial charge >= 0.3 is 0 Å². The first-order chi connectivity index (χ1) is 10.7. The largest absolute Gasteiger partial charge is 0.478 e. The molecule has 22 heavy (non-hydrogen) atoms. The minimum Gasteiger partial charge on any atom is -0.478 e. The molecule has 0 aromatic carbocycles. The summed E-state index contributed by atoms with van der Waals surface area (Å²) in [4.78, 5) is 10.7. The summed E-state index contributed by atoms with van der Waals surface area (Å²) in [6, 6.07) is 2.21. The Labute approximate surface area is 130 Å². The average Bonchev–Trinajstić information content (AvgIpc) is 2.95. The van der Waals surface area contributed by atoms with Gasteiger partial charge in [0.25, 0.3) is 0 Å². The van der Waals surface area contributed by atoms with Crippen LogP contribution in [-0.2, 0) is 7.05 Å². The summed E-state index contributed by atoms with van der Waals surface area (Å²) in [6.07, 6.45) is 7.79. The minimum atomic E-state index is 0.360. The molecule has 2 aromatic rings. The summed E-state index contributed by atoms with van der Waals surface area (Å²) in [5, 5.41) is 7.74. The first-order valence-corrected chi connectivity index (χ1v) is 7.69. The Kier molecular flexibility index (Phi) is 4.41. The molecule has 1 fully saturated rings. The summed E-state index contributed by atoms with van der Waals surface area (Å²) in [5.74, 6) is 1.43. The highest BCUT2D eigenvalue weighted by Gasteiger charge is 2.21. The van der Waals surface area contributed by atoms with E-state index in [9.17, 15) is 0 Å². The van der Waals surface area contributed by atoms with Crippen molar-refractivity contribution in [2.75, 3.05) is 29.9 Å². The van der Waals surface area contributed by atoms with Crippen molar-refractivity contribution in [1.29, 1.82) is 0 Å². The van der Waals surface area contributed by atoms with Crippen LogP contribution in [0.4, 0.5) is 11.5 Å². The molecule has 0 aliphatic carbocycles. The zero-order valence-electron chi connectivity index (χ0n) is 13.1. The molecular formula is C15H22N6O. The van der Waals surface area contributed by atoms with Crippen molar-refractivity contribution in [1.82, 2.24) is 19.7 Å². The van der Waals surface area contributed by atoms with E-state index in [-0.39, 0.29) is 0 Å².